The van der Waals surface area contributed by atoms with Crippen molar-refractivity contribution < 1.29 is 18.3 Å². The van der Waals surface area contributed by atoms with Gasteiger partial charge in [-0.2, -0.15) is 0 Å². The van der Waals surface area contributed by atoms with Crippen LogP contribution in [0.15, 0.2) is 48.5 Å². The molecule has 4 heteroatoms. The minimum Gasteiger partial charge on any atom is -0.482 e. The second-order valence-electron chi connectivity index (χ2n) is 6.12. The average Bonchev–Trinajstić information content (AvgIpc) is 2.62. The minimum absolute atomic E-state index is 0.300. The summed E-state index contributed by atoms with van der Waals surface area (Å²) in [5.74, 6) is -1.72. The Morgan fingerprint density at radius 2 is 1.60 bits per heavy atom. The van der Waals surface area contributed by atoms with Crippen LogP contribution in [0.25, 0.3) is 0 Å². The summed E-state index contributed by atoms with van der Waals surface area (Å²) in [6, 6.07) is 13.5. The van der Waals surface area contributed by atoms with Crippen LogP contribution in [0.4, 0.5) is 8.78 Å². The lowest BCUT2D eigenvalue weighted by Gasteiger charge is -2.20. The molecule has 1 unspecified atom stereocenters. The third kappa shape index (κ3) is 6.83. The van der Waals surface area contributed by atoms with Crippen molar-refractivity contribution in [2.75, 3.05) is 13.2 Å². The van der Waals surface area contributed by atoms with E-state index in [0.29, 0.717) is 19.6 Å². The smallest absolute Gasteiger partial charge is 0.191 e. The van der Waals surface area contributed by atoms with Gasteiger partial charge in [-0.25, -0.2) is 8.78 Å². The lowest BCUT2D eigenvalue weighted by molar-refractivity contribution is 0.0444. The van der Waals surface area contributed by atoms with Crippen LogP contribution < -0.4 is 4.74 Å². The molecule has 0 aliphatic carbocycles. The van der Waals surface area contributed by atoms with Crippen molar-refractivity contribution in [2.24, 2.45) is 0 Å². The Morgan fingerprint density at radius 1 is 0.880 bits per heavy atom. The van der Waals surface area contributed by atoms with Gasteiger partial charge in [0.25, 0.3) is 0 Å². The van der Waals surface area contributed by atoms with E-state index < -0.39 is 17.7 Å². The van der Waals surface area contributed by atoms with Crippen molar-refractivity contribution in [2.45, 2.75) is 45.1 Å². The summed E-state index contributed by atoms with van der Waals surface area (Å²) < 4.78 is 39.1. The summed E-state index contributed by atoms with van der Waals surface area (Å²) in [5, 5.41) is 0. The summed E-state index contributed by atoms with van der Waals surface area (Å²) >= 11 is 0. The molecular weight excluding hydrogens is 322 g/mol. The highest BCUT2D eigenvalue weighted by atomic mass is 19.1. The fourth-order valence-electron chi connectivity index (χ4n) is 2.62. The Bertz CT molecular complexity index is 596. The van der Waals surface area contributed by atoms with Crippen molar-refractivity contribution in [1.82, 2.24) is 0 Å². The molecule has 0 heterocycles. The monoisotopic (exact) mass is 348 g/mol. The molecular formula is C21H26F2O2. The van der Waals surface area contributed by atoms with Gasteiger partial charge in [0.15, 0.2) is 17.4 Å². The minimum atomic E-state index is -0.694. The molecule has 0 spiro atoms. The van der Waals surface area contributed by atoms with Crippen molar-refractivity contribution in [3.63, 3.8) is 0 Å². The fraction of sp³-hybridized carbons (Fsp3) is 0.429. The van der Waals surface area contributed by atoms with Crippen molar-refractivity contribution in [3.8, 4) is 5.75 Å². The molecule has 0 saturated heterocycles. The van der Waals surface area contributed by atoms with Crippen LogP contribution in [0, 0.1) is 11.6 Å². The van der Waals surface area contributed by atoms with Crippen molar-refractivity contribution in [3.05, 3.63) is 65.7 Å². The number of ether oxygens (including phenoxy) is 2. The second-order valence-corrected chi connectivity index (χ2v) is 6.12. The predicted octanol–water partition coefficient (Wildman–Crippen LogP) is 5.55. The van der Waals surface area contributed by atoms with Gasteiger partial charge in [0.05, 0.1) is 6.61 Å². The normalized spacial score (nSPS) is 12.1. The fourth-order valence-corrected chi connectivity index (χ4v) is 2.62. The van der Waals surface area contributed by atoms with Crippen LogP contribution in [-0.4, -0.2) is 19.3 Å². The summed E-state index contributed by atoms with van der Waals surface area (Å²) in [7, 11) is 0. The SMILES string of the molecule is CCCCCCOCC(Cc1ccccc1)Oc1c(F)cccc1F. The van der Waals surface area contributed by atoms with E-state index in [0.717, 1.165) is 18.4 Å². The first-order valence-electron chi connectivity index (χ1n) is 8.93. The first-order chi connectivity index (χ1) is 12.2. The topological polar surface area (TPSA) is 18.5 Å². The van der Waals surface area contributed by atoms with Crippen LogP contribution in [0.2, 0.25) is 0 Å². The van der Waals surface area contributed by atoms with E-state index in [-0.39, 0.29) is 5.75 Å². The predicted molar refractivity (Wildman–Crippen MR) is 95.9 cm³/mol. The third-order valence-corrected chi connectivity index (χ3v) is 3.96. The maximum Gasteiger partial charge on any atom is 0.191 e. The first-order valence-corrected chi connectivity index (χ1v) is 8.93. The Hall–Kier alpha value is -1.94. The van der Waals surface area contributed by atoms with E-state index in [2.05, 4.69) is 6.92 Å². The summed E-state index contributed by atoms with van der Waals surface area (Å²) in [6.45, 7) is 3.09. The van der Waals surface area contributed by atoms with Gasteiger partial charge in [-0.05, 0) is 24.1 Å². The molecule has 0 amide bonds. The zero-order valence-electron chi connectivity index (χ0n) is 14.7. The molecule has 0 radical (unpaired) electrons. The molecule has 2 nitrogen and oxygen atoms in total. The number of rotatable bonds is 11. The van der Waals surface area contributed by atoms with Gasteiger partial charge in [-0.1, -0.05) is 62.6 Å². The molecule has 25 heavy (non-hydrogen) atoms. The molecule has 0 aliphatic heterocycles. The zero-order valence-corrected chi connectivity index (χ0v) is 14.7. The quantitative estimate of drug-likeness (QED) is 0.496. The molecule has 2 aromatic carbocycles. The maximum atomic E-state index is 13.9. The number of benzene rings is 2. The third-order valence-electron chi connectivity index (χ3n) is 3.96. The standard InChI is InChI=1S/C21H26F2O2/c1-2-3-4-8-14-24-16-18(15-17-10-6-5-7-11-17)25-21-19(22)12-9-13-20(21)23/h5-7,9-13,18H,2-4,8,14-16H2,1H3. The first kappa shape index (κ1) is 19.4. The Balaban J connectivity index is 1.96. The Morgan fingerprint density at radius 3 is 2.28 bits per heavy atom. The highest BCUT2D eigenvalue weighted by molar-refractivity contribution is 5.26. The number of para-hydroxylation sites is 1. The van der Waals surface area contributed by atoms with Gasteiger partial charge in [-0.15, -0.1) is 0 Å². The maximum absolute atomic E-state index is 13.9. The van der Waals surface area contributed by atoms with Crippen molar-refractivity contribution >= 4 is 0 Å². The van der Waals surface area contributed by atoms with E-state index in [9.17, 15) is 8.78 Å². The molecule has 0 aliphatic rings. The summed E-state index contributed by atoms with van der Waals surface area (Å²) in [4.78, 5) is 0. The number of unbranched alkanes of at least 4 members (excludes halogenated alkanes) is 3. The molecule has 0 aromatic heterocycles. The molecule has 2 rings (SSSR count). The average molecular weight is 348 g/mol. The number of halogens is 2. The van der Waals surface area contributed by atoms with E-state index in [1.807, 2.05) is 30.3 Å². The van der Waals surface area contributed by atoms with Gasteiger partial charge in [0.2, 0.25) is 0 Å². The van der Waals surface area contributed by atoms with E-state index >= 15 is 0 Å². The van der Waals surface area contributed by atoms with Gasteiger partial charge < -0.3 is 9.47 Å². The Kier molecular flexibility index (Phi) is 8.40. The molecule has 0 fully saturated rings. The highest BCUT2D eigenvalue weighted by Crippen LogP contribution is 2.23. The zero-order chi connectivity index (χ0) is 17.9. The van der Waals surface area contributed by atoms with Gasteiger partial charge in [0.1, 0.15) is 6.10 Å². The largest absolute Gasteiger partial charge is 0.482 e. The van der Waals surface area contributed by atoms with E-state index in [1.54, 1.807) is 0 Å². The highest BCUT2D eigenvalue weighted by Gasteiger charge is 2.17. The number of hydrogen-bond acceptors (Lipinski definition) is 2. The van der Waals surface area contributed by atoms with Crippen LogP contribution >= 0.6 is 0 Å². The van der Waals surface area contributed by atoms with Gasteiger partial charge in [0, 0.05) is 13.0 Å². The molecule has 2 aromatic rings. The van der Waals surface area contributed by atoms with Gasteiger partial charge >= 0.3 is 0 Å². The van der Waals surface area contributed by atoms with Crippen LogP contribution in [0.5, 0.6) is 5.75 Å². The number of hydrogen-bond donors (Lipinski definition) is 0. The van der Waals surface area contributed by atoms with Crippen LogP contribution in [-0.2, 0) is 11.2 Å². The summed E-state index contributed by atoms with van der Waals surface area (Å²) in [5.41, 5.74) is 1.04. The molecule has 0 bridgehead atoms. The molecule has 0 saturated carbocycles. The lowest BCUT2D eigenvalue weighted by atomic mass is 10.1. The molecule has 1 atom stereocenters. The van der Waals surface area contributed by atoms with E-state index in [1.165, 1.54) is 31.0 Å². The second kappa shape index (κ2) is 10.8. The molecule has 0 N–H and O–H groups in total. The molecule has 136 valence electrons. The van der Waals surface area contributed by atoms with Crippen LogP contribution in [0.1, 0.15) is 38.2 Å². The van der Waals surface area contributed by atoms with Crippen molar-refractivity contribution in [1.29, 1.82) is 0 Å². The van der Waals surface area contributed by atoms with Gasteiger partial charge in [-0.3, -0.25) is 0 Å². The van der Waals surface area contributed by atoms with Crippen LogP contribution in [0.3, 0.4) is 0 Å². The Labute approximate surface area is 148 Å². The lowest BCUT2D eigenvalue weighted by Crippen LogP contribution is -2.27. The summed E-state index contributed by atoms with van der Waals surface area (Å²) in [6.07, 6.45) is 4.56. The van der Waals surface area contributed by atoms with E-state index in [4.69, 9.17) is 9.47 Å².